The lowest BCUT2D eigenvalue weighted by molar-refractivity contribution is -0.169. The maximum atomic E-state index is 10.9. The molecular formula is C8H14O6. The summed E-state index contributed by atoms with van der Waals surface area (Å²) in [6.45, 7) is 2.00. The molecule has 3 N–H and O–H groups in total. The summed E-state index contributed by atoms with van der Waals surface area (Å²) in [6.07, 6.45) is -2.72. The van der Waals surface area contributed by atoms with E-state index in [4.69, 9.17) is 15.3 Å². The van der Waals surface area contributed by atoms with Gasteiger partial charge in [0.05, 0.1) is 6.61 Å². The number of aliphatic carboxylic acids is 1. The Morgan fingerprint density at radius 2 is 1.86 bits per heavy atom. The van der Waals surface area contributed by atoms with Crippen LogP contribution in [0.1, 0.15) is 19.8 Å². The van der Waals surface area contributed by atoms with Crippen LogP contribution in [0.3, 0.4) is 0 Å². The minimum Gasteiger partial charge on any atom is -0.479 e. The second kappa shape index (κ2) is 6.33. The number of rotatable bonds is 6. The topological polar surface area (TPSA) is 104 Å². The number of unbranched alkanes of at least 4 members (excludes halogenated alkanes) is 1. The van der Waals surface area contributed by atoms with Crippen molar-refractivity contribution >= 4 is 11.9 Å². The fourth-order valence-corrected chi connectivity index (χ4v) is 0.666. The summed E-state index contributed by atoms with van der Waals surface area (Å²) in [5, 5.41) is 26.0. The number of aliphatic hydroxyl groups excluding tert-OH is 2. The van der Waals surface area contributed by atoms with E-state index in [1.165, 1.54) is 0 Å². The Balaban J connectivity index is 3.92. The maximum absolute atomic E-state index is 10.9. The van der Waals surface area contributed by atoms with Crippen LogP contribution in [-0.4, -0.2) is 46.1 Å². The van der Waals surface area contributed by atoms with Crippen molar-refractivity contribution in [3.8, 4) is 0 Å². The molecule has 0 rings (SSSR count). The summed E-state index contributed by atoms with van der Waals surface area (Å²) in [7, 11) is 0. The number of aliphatic hydroxyl groups is 2. The van der Waals surface area contributed by atoms with Crippen LogP contribution in [0.5, 0.6) is 0 Å². The molecule has 0 fully saturated rings. The fraction of sp³-hybridized carbons (Fsp3) is 0.750. The predicted molar refractivity (Wildman–Crippen MR) is 45.5 cm³/mol. The zero-order valence-electron chi connectivity index (χ0n) is 7.84. The molecule has 0 aliphatic rings. The number of hydrogen-bond donors (Lipinski definition) is 3. The predicted octanol–water partition coefficient (Wildman–Crippen LogP) is -0.864. The number of ether oxygens (including phenoxy) is 1. The molecule has 2 unspecified atom stereocenters. The molecule has 0 aromatic carbocycles. The Bertz CT molecular complexity index is 202. The quantitative estimate of drug-likeness (QED) is 0.385. The summed E-state index contributed by atoms with van der Waals surface area (Å²) >= 11 is 0. The molecule has 0 amide bonds. The molecule has 6 nitrogen and oxygen atoms in total. The second-order valence-electron chi connectivity index (χ2n) is 2.75. The first kappa shape index (κ1) is 12.9. The first-order valence-electron chi connectivity index (χ1n) is 4.26. The number of carboxylic acids is 1. The highest BCUT2D eigenvalue weighted by Crippen LogP contribution is 1.98. The van der Waals surface area contributed by atoms with Crippen LogP contribution in [0.4, 0.5) is 0 Å². The van der Waals surface area contributed by atoms with Gasteiger partial charge in [-0.15, -0.1) is 0 Å². The van der Waals surface area contributed by atoms with E-state index >= 15 is 0 Å². The van der Waals surface area contributed by atoms with Gasteiger partial charge in [0, 0.05) is 0 Å². The zero-order valence-corrected chi connectivity index (χ0v) is 7.84. The Labute approximate surface area is 81.1 Å². The molecule has 82 valence electrons. The van der Waals surface area contributed by atoms with Crippen LogP contribution in [0.2, 0.25) is 0 Å². The minimum absolute atomic E-state index is 0.110. The van der Waals surface area contributed by atoms with Gasteiger partial charge in [-0.1, -0.05) is 13.3 Å². The van der Waals surface area contributed by atoms with Gasteiger partial charge in [0.25, 0.3) is 0 Å². The molecule has 0 saturated carbocycles. The number of hydrogen-bond acceptors (Lipinski definition) is 5. The number of carbonyl (C=O) groups excluding carboxylic acids is 1. The molecule has 0 aromatic heterocycles. The first-order chi connectivity index (χ1) is 6.50. The average molecular weight is 206 g/mol. The molecule has 0 heterocycles. The van der Waals surface area contributed by atoms with Crippen molar-refractivity contribution in [1.82, 2.24) is 0 Å². The summed E-state index contributed by atoms with van der Waals surface area (Å²) in [6, 6.07) is 0. The van der Waals surface area contributed by atoms with Crippen LogP contribution < -0.4 is 0 Å². The number of carbonyl (C=O) groups is 2. The fourth-order valence-electron chi connectivity index (χ4n) is 0.666. The van der Waals surface area contributed by atoms with E-state index in [1.54, 1.807) is 0 Å². The van der Waals surface area contributed by atoms with Gasteiger partial charge in [0.2, 0.25) is 0 Å². The monoisotopic (exact) mass is 206 g/mol. The second-order valence-corrected chi connectivity index (χ2v) is 2.75. The third-order valence-electron chi connectivity index (χ3n) is 1.54. The molecule has 0 bridgehead atoms. The number of esters is 1. The maximum Gasteiger partial charge on any atom is 0.338 e. The van der Waals surface area contributed by atoms with Crippen molar-refractivity contribution in [3.63, 3.8) is 0 Å². The van der Waals surface area contributed by atoms with Gasteiger partial charge < -0.3 is 20.1 Å². The molecule has 0 saturated heterocycles. The summed E-state index contributed by atoms with van der Waals surface area (Å²) in [4.78, 5) is 21.0. The lowest BCUT2D eigenvalue weighted by Crippen LogP contribution is -2.40. The van der Waals surface area contributed by atoms with Crippen molar-refractivity contribution in [2.45, 2.75) is 32.0 Å². The van der Waals surface area contributed by atoms with Crippen LogP contribution in [0, 0.1) is 0 Å². The molecule has 0 spiro atoms. The largest absolute Gasteiger partial charge is 0.479 e. The lowest BCUT2D eigenvalue weighted by atomic mass is 10.2. The van der Waals surface area contributed by atoms with Gasteiger partial charge in [0.1, 0.15) is 0 Å². The van der Waals surface area contributed by atoms with E-state index in [9.17, 15) is 9.59 Å². The average Bonchev–Trinajstić information content (AvgIpc) is 2.15. The molecule has 6 heteroatoms. The summed E-state index contributed by atoms with van der Waals surface area (Å²) in [5.74, 6) is -2.78. The first-order valence-corrected chi connectivity index (χ1v) is 4.26. The van der Waals surface area contributed by atoms with Crippen molar-refractivity contribution in [3.05, 3.63) is 0 Å². The van der Waals surface area contributed by atoms with Gasteiger partial charge in [-0.3, -0.25) is 0 Å². The van der Waals surface area contributed by atoms with Gasteiger partial charge in [0.15, 0.2) is 12.2 Å². The molecule has 0 radical (unpaired) electrons. The van der Waals surface area contributed by atoms with Gasteiger partial charge >= 0.3 is 11.9 Å². The van der Waals surface area contributed by atoms with E-state index in [0.29, 0.717) is 6.42 Å². The van der Waals surface area contributed by atoms with E-state index < -0.39 is 24.1 Å². The highest BCUT2D eigenvalue weighted by atomic mass is 16.5. The summed E-state index contributed by atoms with van der Waals surface area (Å²) < 4.78 is 4.50. The minimum atomic E-state index is -2.14. The van der Waals surface area contributed by atoms with Gasteiger partial charge in [-0.25, -0.2) is 9.59 Å². The van der Waals surface area contributed by atoms with Gasteiger partial charge in [-0.05, 0) is 6.42 Å². The Hall–Kier alpha value is -1.14. The molecule has 0 aromatic rings. The van der Waals surface area contributed by atoms with Crippen molar-refractivity contribution < 1.29 is 29.6 Å². The van der Waals surface area contributed by atoms with Crippen LogP contribution >= 0.6 is 0 Å². The van der Waals surface area contributed by atoms with Crippen molar-refractivity contribution in [2.24, 2.45) is 0 Å². The Kier molecular flexibility index (Phi) is 5.82. The molecule has 0 aliphatic heterocycles. The van der Waals surface area contributed by atoms with Crippen LogP contribution in [0.25, 0.3) is 0 Å². The zero-order chi connectivity index (χ0) is 11.1. The standard InChI is InChI=1S/C8H14O6/c1-2-3-4-14-8(13)6(10)5(9)7(11)12/h5-6,9-10H,2-4H2,1H3,(H,11,12). The SMILES string of the molecule is CCCCOC(=O)C(O)C(O)C(=O)O. The summed E-state index contributed by atoms with van der Waals surface area (Å²) in [5.41, 5.74) is 0. The molecular weight excluding hydrogens is 192 g/mol. The third kappa shape index (κ3) is 4.20. The smallest absolute Gasteiger partial charge is 0.338 e. The van der Waals surface area contributed by atoms with Crippen LogP contribution in [-0.2, 0) is 14.3 Å². The van der Waals surface area contributed by atoms with E-state index in [1.807, 2.05) is 6.92 Å². The molecule has 0 aliphatic carbocycles. The van der Waals surface area contributed by atoms with Crippen molar-refractivity contribution in [2.75, 3.05) is 6.61 Å². The lowest BCUT2D eigenvalue weighted by Gasteiger charge is -2.12. The molecule has 2 atom stereocenters. The van der Waals surface area contributed by atoms with E-state index in [0.717, 1.165) is 6.42 Å². The van der Waals surface area contributed by atoms with E-state index in [2.05, 4.69) is 4.74 Å². The van der Waals surface area contributed by atoms with Crippen molar-refractivity contribution in [1.29, 1.82) is 0 Å². The Morgan fingerprint density at radius 1 is 1.29 bits per heavy atom. The number of carboxylic acid groups (broad SMARTS) is 1. The highest BCUT2D eigenvalue weighted by Gasteiger charge is 2.31. The molecule has 14 heavy (non-hydrogen) atoms. The normalized spacial score (nSPS) is 14.5. The van der Waals surface area contributed by atoms with Gasteiger partial charge in [-0.2, -0.15) is 0 Å². The third-order valence-corrected chi connectivity index (χ3v) is 1.54. The van der Waals surface area contributed by atoms with Crippen LogP contribution in [0.15, 0.2) is 0 Å². The highest BCUT2D eigenvalue weighted by molar-refractivity contribution is 5.84. The Morgan fingerprint density at radius 3 is 2.29 bits per heavy atom. The van der Waals surface area contributed by atoms with E-state index in [-0.39, 0.29) is 6.61 Å².